The standard InChI is InChI=1S/C18H24ClN3O4/c1-12-14(19)4-3-5-15(12)21-17(24)9-16(23)20-10-13-8-18(25)22(11-13)6-7-26-2/h3-5,13H,6-11H2,1-2H3,(H,20,23)(H,21,24)/t13-/m1/s1. The summed E-state index contributed by atoms with van der Waals surface area (Å²) >= 11 is 6.01. The van der Waals surface area contributed by atoms with E-state index in [-0.39, 0.29) is 24.2 Å². The number of likely N-dealkylation sites (tertiary alicyclic amines) is 1. The third-order valence-electron chi connectivity index (χ3n) is 4.31. The molecule has 1 aromatic rings. The van der Waals surface area contributed by atoms with E-state index in [4.69, 9.17) is 16.3 Å². The largest absolute Gasteiger partial charge is 0.383 e. The summed E-state index contributed by atoms with van der Waals surface area (Å²) in [5.74, 6) is -0.654. The molecule has 7 nitrogen and oxygen atoms in total. The second kappa shape index (κ2) is 9.54. The first-order valence-electron chi connectivity index (χ1n) is 8.49. The van der Waals surface area contributed by atoms with Crippen molar-refractivity contribution in [3.8, 4) is 0 Å². The topological polar surface area (TPSA) is 87.7 Å². The number of ether oxygens (including phenoxy) is 1. The number of amides is 3. The van der Waals surface area contributed by atoms with E-state index in [0.29, 0.717) is 43.4 Å². The van der Waals surface area contributed by atoms with Crippen molar-refractivity contribution < 1.29 is 19.1 Å². The lowest BCUT2D eigenvalue weighted by molar-refractivity contribution is -0.129. The number of nitrogens with zero attached hydrogens (tertiary/aromatic N) is 1. The highest BCUT2D eigenvalue weighted by Crippen LogP contribution is 2.23. The van der Waals surface area contributed by atoms with Crippen molar-refractivity contribution in [3.63, 3.8) is 0 Å². The van der Waals surface area contributed by atoms with E-state index in [1.165, 1.54) is 0 Å². The number of anilines is 1. The molecule has 0 aliphatic carbocycles. The minimum atomic E-state index is -0.405. The molecule has 0 spiro atoms. The molecule has 0 saturated carbocycles. The number of carbonyl (C=O) groups excluding carboxylic acids is 3. The van der Waals surface area contributed by atoms with Crippen LogP contribution in [0, 0.1) is 12.8 Å². The Hall–Kier alpha value is -2.12. The van der Waals surface area contributed by atoms with Gasteiger partial charge >= 0.3 is 0 Å². The molecular weight excluding hydrogens is 358 g/mol. The van der Waals surface area contributed by atoms with Crippen LogP contribution >= 0.6 is 11.6 Å². The van der Waals surface area contributed by atoms with E-state index < -0.39 is 5.91 Å². The van der Waals surface area contributed by atoms with Gasteiger partial charge in [0.1, 0.15) is 6.42 Å². The van der Waals surface area contributed by atoms with Crippen LogP contribution in [0.1, 0.15) is 18.4 Å². The Kier molecular flexibility index (Phi) is 7.41. The van der Waals surface area contributed by atoms with Crippen LogP contribution in [-0.2, 0) is 19.1 Å². The van der Waals surface area contributed by atoms with Crippen molar-refractivity contribution in [2.75, 3.05) is 38.7 Å². The molecule has 1 aliphatic rings. The smallest absolute Gasteiger partial charge is 0.233 e. The molecule has 0 unspecified atom stereocenters. The lowest BCUT2D eigenvalue weighted by atomic mass is 10.1. The van der Waals surface area contributed by atoms with Crippen LogP contribution in [0.4, 0.5) is 5.69 Å². The van der Waals surface area contributed by atoms with Gasteiger partial charge in [-0.25, -0.2) is 0 Å². The maximum absolute atomic E-state index is 12.0. The number of carbonyl (C=O) groups is 3. The van der Waals surface area contributed by atoms with Crippen LogP contribution in [-0.4, -0.2) is 56.0 Å². The summed E-state index contributed by atoms with van der Waals surface area (Å²) < 4.78 is 4.98. The first-order valence-corrected chi connectivity index (χ1v) is 8.87. The summed E-state index contributed by atoms with van der Waals surface area (Å²) in [5, 5.41) is 5.97. The molecule has 1 aliphatic heterocycles. The number of hydrogen-bond donors (Lipinski definition) is 2. The van der Waals surface area contributed by atoms with Gasteiger partial charge in [0.25, 0.3) is 0 Å². The normalized spacial score (nSPS) is 16.7. The van der Waals surface area contributed by atoms with Crippen molar-refractivity contribution in [3.05, 3.63) is 28.8 Å². The Morgan fingerprint density at radius 1 is 1.35 bits per heavy atom. The van der Waals surface area contributed by atoms with Crippen molar-refractivity contribution in [2.45, 2.75) is 19.8 Å². The number of hydrogen-bond acceptors (Lipinski definition) is 4. The summed E-state index contributed by atoms with van der Waals surface area (Å²) in [6.07, 6.45) is 0.123. The van der Waals surface area contributed by atoms with E-state index >= 15 is 0 Å². The van der Waals surface area contributed by atoms with Crippen LogP contribution in [0.2, 0.25) is 5.02 Å². The molecule has 8 heteroatoms. The maximum atomic E-state index is 12.0. The van der Waals surface area contributed by atoms with Gasteiger partial charge in [0.15, 0.2) is 0 Å². The van der Waals surface area contributed by atoms with Gasteiger partial charge in [0.05, 0.1) is 6.61 Å². The second-order valence-electron chi connectivity index (χ2n) is 6.34. The molecule has 1 aromatic carbocycles. The monoisotopic (exact) mass is 381 g/mol. The van der Waals surface area contributed by atoms with Crippen LogP contribution < -0.4 is 10.6 Å². The first kappa shape index (κ1) is 20.2. The molecule has 1 fully saturated rings. The van der Waals surface area contributed by atoms with Gasteiger partial charge in [0.2, 0.25) is 17.7 Å². The molecule has 1 atom stereocenters. The molecule has 0 bridgehead atoms. The zero-order chi connectivity index (χ0) is 19.1. The Morgan fingerprint density at radius 2 is 2.12 bits per heavy atom. The lowest BCUT2D eigenvalue weighted by Crippen LogP contribution is -2.34. The summed E-state index contributed by atoms with van der Waals surface area (Å²) in [7, 11) is 1.59. The predicted octanol–water partition coefficient (Wildman–Crippen LogP) is 1.59. The van der Waals surface area contributed by atoms with E-state index in [2.05, 4.69) is 10.6 Å². The summed E-state index contributed by atoms with van der Waals surface area (Å²) in [6, 6.07) is 5.20. The van der Waals surface area contributed by atoms with Gasteiger partial charge in [-0.05, 0) is 24.6 Å². The Bertz CT molecular complexity index is 680. The van der Waals surface area contributed by atoms with Gasteiger partial charge in [-0.1, -0.05) is 17.7 Å². The molecule has 2 N–H and O–H groups in total. The number of methoxy groups -OCH3 is 1. The van der Waals surface area contributed by atoms with E-state index in [9.17, 15) is 14.4 Å². The maximum Gasteiger partial charge on any atom is 0.233 e. The molecule has 26 heavy (non-hydrogen) atoms. The number of benzene rings is 1. The Balaban J connectivity index is 1.74. The Morgan fingerprint density at radius 3 is 2.85 bits per heavy atom. The SMILES string of the molecule is COCCN1C[C@@H](CNC(=O)CC(=O)Nc2cccc(Cl)c2C)CC1=O. The molecule has 0 aromatic heterocycles. The summed E-state index contributed by atoms with van der Waals surface area (Å²) in [4.78, 5) is 37.6. The highest BCUT2D eigenvalue weighted by Gasteiger charge is 2.29. The van der Waals surface area contributed by atoms with Gasteiger partial charge in [-0.15, -0.1) is 0 Å². The molecule has 3 amide bonds. The van der Waals surface area contributed by atoms with Crippen LogP contribution in [0.3, 0.4) is 0 Å². The van der Waals surface area contributed by atoms with E-state index in [1.807, 2.05) is 0 Å². The molecular formula is C18H24ClN3O4. The van der Waals surface area contributed by atoms with Crippen molar-refractivity contribution in [1.29, 1.82) is 0 Å². The fourth-order valence-electron chi connectivity index (χ4n) is 2.81. The first-order chi connectivity index (χ1) is 12.4. The average Bonchev–Trinajstić information content (AvgIpc) is 2.95. The zero-order valence-electron chi connectivity index (χ0n) is 15.0. The molecule has 2 rings (SSSR count). The van der Waals surface area contributed by atoms with E-state index in [0.717, 1.165) is 5.56 Å². The van der Waals surface area contributed by atoms with Crippen LogP contribution in [0.25, 0.3) is 0 Å². The minimum Gasteiger partial charge on any atom is -0.383 e. The molecule has 0 radical (unpaired) electrons. The van der Waals surface area contributed by atoms with Crippen LogP contribution in [0.5, 0.6) is 0 Å². The number of nitrogens with one attached hydrogen (secondary N) is 2. The third kappa shape index (κ3) is 5.71. The van der Waals surface area contributed by atoms with Crippen LogP contribution in [0.15, 0.2) is 18.2 Å². The quantitative estimate of drug-likeness (QED) is 0.669. The predicted molar refractivity (Wildman–Crippen MR) is 99.0 cm³/mol. The highest BCUT2D eigenvalue weighted by molar-refractivity contribution is 6.31. The van der Waals surface area contributed by atoms with Crippen molar-refractivity contribution >= 4 is 35.0 Å². The number of rotatable bonds is 8. The lowest BCUT2D eigenvalue weighted by Gasteiger charge is -2.16. The van der Waals surface area contributed by atoms with Gasteiger partial charge < -0.3 is 20.3 Å². The second-order valence-corrected chi connectivity index (χ2v) is 6.75. The molecule has 1 saturated heterocycles. The zero-order valence-corrected chi connectivity index (χ0v) is 15.8. The minimum absolute atomic E-state index is 0.0570. The van der Waals surface area contributed by atoms with Gasteiger partial charge in [-0.3, -0.25) is 14.4 Å². The third-order valence-corrected chi connectivity index (χ3v) is 4.72. The molecule has 1 heterocycles. The van der Waals surface area contributed by atoms with Gasteiger partial charge in [0, 0.05) is 49.8 Å². The summed E-state index contributed by atoms with van der Waals surface area (Å²) in [5.41, 5.74) is 1.34. The fourth-order valence-corrected chi connectivity index (χ4v) is 2.99. The number of halogens is 1. The Labute approximate surface area is 158 Å². The van der Waals surface area contributed by atoms with E-state index in [1.54, 1.807) is 37.1 Å². The fraction of sp³-hybridized carbons (Fsp3) is 0.500. The van der Waals surface area contributed by atoms with Crippen molar-refractivity contribution in [1.82, 2.24) is 10.2 Å². The average molecular weight is 382 g/mol. The molecule has 142 valence electrons. The van der Waals surface area contributed by atoms with Gasteiger partial charge in [-0.2, -0.15) is 0 Å². The van der Waals surface area contributed by atoms with Crippen molar-refractivity contribution in [2.24, 2.45) is 5.92 Å². The summed E-state index contributed by atoms with van der Waals surface area (Å²) in [6.45, 7) is 3.81. The highest BCUT2D eigenvalue weighted by atomic mass is 35.5.